The molecule has 1 aromatic heterocycles. The van der Waals surface area contributed by atoms with Gasteiger partial charge in [0, 0.05) is 36.5 Å². The molecule has 5 nitrogen and oxygen atoms in total. The number of carbonyl (C=O) groups excluding carboxylic acids is 1. The summed E-state index contributed by atoms with van der Waals surface area (Å²) in [6, 6.07) is 3.46. The molecule has 1 heterocycles. The number of amides is 1. The topological polar surface area (TPSA) is 80.0 Å². The predicted octanol–water partition coefficient (Wildman–Crippen LogP) is 1.38. The first kappa shape index (κ1) is 13.3. The van der Waals surface area contributed by atoms with Crippen molar-refractivity contribution in [3.63, 3.8) is 0 Å². The van der Waals surface area contributed by atoms with Gasteiger partial charge in [-0.2, -0.15) is 0 Å². The van der Waals surface area contributed by atoms with Gasteiger partial charge in [-0.05, 0) is 26.8 Å². The van der Waals surface area contributed by atoms with Gasteiger partial charge in [0.15, 0.2) is 0 Å². The number of nitrogen functional groups attached to an aromatic ring is 1. The molecule has 0 unspecified atom stereocenters. The van der Waals surface area contributed by atoms with E-state index in [2.05, 4.69) is 15.6 Å². The quantitative estimate of drug-likeness (QED) is 0.738. The van der Waals surface area contributed by atoms with Crippen molar-refractivity contribution < 1.29 is 4.79 Å². The number of rotatable bonds is 4. The molecule has 1 amide bonds. The molecular weight excluding hydrogens is 216 g/mol. The van der Waals surface area contributed by atoms with E-state index in [-0.39, 0.29) is 11.4 Å². The van der Waals surface area contributed by atoms with E-state index in [1.807, 2.05) is 20.8 Å². The Labute approximate surface area is 102 Å². The van der Waals surface area contributed by atoms with E-state index in [9.17, 15) is 4.79 Å². The molecule has 0 saturated carbocycles. The van der Waals surface area contributed by atoms with Crippen LogP contribution in [0.1, 0.15) is 27.2 Å². The molecule has 17 heavy (non-hydrogen) atoms. The summed E-state index contributed by atoms with van der Waals surface area (Å²) in [7, 11) is 0. The van der Waals surface area contributed by atoms with Gasteiger partial charge in [0.2, 0.25) is 5.91 Å². The number of nitrogens with one attached hydrogen (secondary N) is 2. The number of hydrogen-bond acceptors (Lipinski definition) is 4. The van der Waals surface area contributed by atoms with Gasteiger partial charge in [0.25, 0.3) is 0 Å². The van der Waals surface area contributed by atoms with Gasteiger partial charge in [0.05, 0.1) is 0 Å². The van der Waals surface area contributed by atoms with E-state index < -0.39 is 0 Å². The molecule has 0 aliphatic heterocycles. The standard InChI is InChI=1S/C12H20N4O/c1-12(2,3)16-11(17)5-7-15-10-8-9(13)4-6-14-10/h4,6,8H,5,7H2,1-3H3,(H,16,17)(H3,13,14,15). The van der Waals surface area contributed by atoms with Crippen LogP contribution < -0.4 is 16.4 Å². The van der Waals surface area contributed by atoms with E-state index in [1.165, 1.54) is 0 Å². The largest absolute Gasteiger partial charge is 0.399 e. The van der Waals surface area contributed by atoms with Crippen LogP contribution in [0, 0.1) is 0 Å². The number of nitrogens with zero attached hydrogens (tertiary/aromatic N) is 1. The summed E-state index contributed by atoms with van der Waals surface area (Å²) >= 11 is 0. The average Bonchev–Trinajstić information content (AvgIpc) is 2.14. The van der Waals surface area contributed by atoms with Gasteiger partial charge in [-0.15, -0.1) is 0 Å². The molecule has 0 atom stereocenters. The molecule has 5 heteroatoms. The van der Waals surface area contributed by atoms with E-state index in [0.29, 0.717) is 24.5 Å². The average molecular weight is 236 g/mol. The summed E-state index contributed by atoms with van der Waals surface area (Å²) in [5.74, 6) is 0.711. The molecule has 0 aliphatic rings. The summed E-state index contributed by atoms with van der Waals surface area (Å²) in [6.45, 7) is 6.41. The van der Waals surface area contributed by atoms with Crippen LogP contribution >= 0.6 is 0 Å². The fraction of sp³-hybridized carbons (Fsp3) is 0.500. The Kier molecular flexibility index (Phi) is 4.31. The normalized spacial score (nSPS) is 11.0. The Morgan fingerprint density at radius 3 is 2.76 bits per heavy atom. The second kappa shape index (κ2) is 5.52. The van der Waals surface area contributed by atoms with Gasteiger partial charge >= 0.3 is 0 Å². The molecule has 0 radical (unpaired) electrons. The van der Waals surface area contributed by atoms with Crippen LogP contribution in [0.3, 0.4) is 0 Å². The molecule has 0 aliphatic carbocycles. The Bertz CT molecular complexity index is 384. The molecule has 94 valence electrons. The summed E-state index contributed by atoms with van der Waals surface area (Å²) < 4.78 is 0. The zero-order valence-corrected chi connectivity index (χ0v) is 10.6. The molecule has 1 rings (SSSR count). The molecular formula is C12H20N4O. The zero-order chi connectivity index (χ0) is 12.9. The van der Waals surface area contributed by atoms with Crippen LogP contribution in [0.5, 0.6) is 0 Å². The van der Waals surface area contributed by atoms with Crippen molar-refractivity contribution in [2.24, 2.45) is 0 Å². The highest BCUT2D eigenvalue weighted by Crippen LogP contribution is 2.07. The molecule has 0 aromatic carbocycles. The number of pyridine rings is 1. The van der Waals surface area contributed by atoms with E-state index in [1.54, 1.807) is 18.3 Å². The number of anilines is 2. The first-order valence-electron chi connectivity index (χ1n) is 5.63. The van der Waals surface area contributed by atoms with Gasteiger partial charge in [-0.1, -0.05) is 0 Å². The van der Waals surface area contributed by atoms with Crippen molar-refractivity contribution in [2.45, 2.75) is 32.7 Å². The third kappa shape index (κ3) is 5.75. The lowest BCUT2D eigenvalue weighted by atomic mass is 10.1. The van der Waals surface area contributed by atoms with Crippen molar-refractivity contribution in [3.8, 4) is 0 Å². The molecule has 0 bridgehead atoms. The van der Waals surface area contributed by atoms with E-state index in [0.717, 1.165) is 0 Å². The Balaban J connectivity index is 2.31. The summed E-state index contributed by atoms with van der Waals surface area (Å²) in [5, 5.41) is 5.94. The van der Waals surface area contributed by atoms with Crippen molar-refractivity contribution >= 4 is 17.4 Å². The number of hydrogen-bond donors (Lipinski definition) is 3. The van der Waals surface area contributed by atoms with Crippen LogP contribution in [0.15, 0.2) is 18.3 Å². The first-order chi connectivity index (χ1) is 7.87. The maximum atomic E-state index is 11.5. The van der Waals surface area contributed by atoms with E-state index >= 15 is 0 Å². The Morgan fingerprint density at radius 2 is 2.18 bits per heavy atom. The summed E-state index contributed by atoms with van der Waals surface area (Å²) in [6.07, 6.45) is 2.04. The van der Waals surface area contributed by atoms with Gasteiger partial charge in [-0.3, -0.25) is 4.79 Å². The van der Waals surface area contributed by atoms with Crippen LogP contribution in [-0.4, -0.2) is 23.0 Å². The van der Waals surface area contributed by atoms with Crippen molar-refractivity contribution in [1.82, 2.24) is 10.3 Å². The molecule has 0 spiro atoms. The van der Waals surface area contributed by atoms with Crippen molar-refractivity contribution in [3.05, 3.63) is 18.3 Å². The minimum atomic E-state index is -0.188. The highest BCUT2D eigenvalue weighted by molar-refractivity contribution is 5.77. The van der Waals surface area contributed by atoms with Crippen LogP contribution in [0.25, 0.3) is 0 Å². The van der Waals surface area contributed by atoms with Crippen LogP contribution in [-0.2, 0) is 4.79 Å². The lowest BCUT2D eigenvalue weighted by Crippen LogP contribution is -2.41. The maximum absolute atomic E-state index is 11.5. The Hall–Kier alpha value is -1.78. The third-order valence-corrected chi connectivity index (χ3v) is 1.96. The second-order valence-electron chi connectivity index (χ2n) is 4.95. The predicted molar refractivity (Wildman–Crippen MR) is 69.7 cm³/mol. The number of aromatic nitrogens is 1. The van der Waals surface area contributed by atoms with Crippen molar-refractivity contribution in [1.29, 1.82) is 0 Å². The zero-order valence-electron chi connectivity index (χ0n) is 10.6. The lowest BCUT2D eigenvalue weighted by Gasteiger charge is -2.20. The molecule has 0 saturated heterocycles. The fourth-order valence-electron chi connectivity index (χ4n) is 1.33. The van der Waals surface area contributed by atoms with Gasteiger partial charge in [-0.25, -0.2) is 4.98 Å². The Morgan fingerprint density at radius 1 is 1.47 bits per heavy atom. The first-order valence-corrected chi connectivity index (χ1v) is 5.63. The third-order valence-electron chi connectivity index (χ3n) is 1.96. The van der Waals surface area contributed by atoms with Crippen LogP contribution in [0.2, 0.25) is 0 Å². The number of nitrogens with two attached hydrogens (primary N) is 1. The van der Waals surface area contributed by atoms with Crippen molar-refractivity contribution in [2.75, 3.05) is 17.6 Å². The lowest BCUT2D eigenvalue weighted by molar-refractivity contribution is -0.122. The van der Waals surface area contributed by atoms with Crippen LogP contribution in [0.4, 0.5) is 11.5 Å². The minimum absolute atomic E-state index is 0.0221. The molecule has 4 N–H and O–H groups in total. The summed E-state index contributed by atoms with van der Waals surface area (Å²) in [4.78, 5) is 15.6. The minimum Gasteiger partial charge on any atom is -0.399 e. The van der Waals surface area contributed by atoms with Gasteiger partial charge < -0.3 is 16.4 Å². The summed E-state index contributed by atoms with van der Waals surface area (Å²) in [5.41, 5.74) is 6.08. The van der Waals surface area contributed by atoms with Gasteiger partial charge in [0.1, 0.15) is 5.82 Å². The van der Waals surface area contributed by atoms with E-state index in [4.69, 9.17) is 5.73 Å². The monoisotopic (exact) mass is 236 g/mol. The maximum Gasteiger partial charge on any atom is 0.222 e. The highest BCUT2D eigenvalue weighted by atomic mass is 16.1. The SMILES string of the molecule is CC(C)(C)NC(=O)CCNc1cc(N)ccn1. The highest BCUT2D eigenvalue weighted by Gasteiger charge is 2.12. The second-order valence-corrected chi connectivity index (χ2v) is 4.95. The fourth-order valence-corrected chi connectivity index (χ4v) is 1.33. The molecule has 0 fully saturated rings. The molecule has 1 aromatic rings. The number of carbonyl (C=O) groups is 1. The smallest absolute Gasteiger partial charge is 0.222 e.